The first-order valence-electron chi connectivity index (χ1n) is 9.00. The number of benzene rings is 2. The standard InChI is InChI=1S/C21H26N2OS2/c1-16-6-3-4-9-20(16)26-15-21(24)22-19-8-5-7-18(17(19)2)14-23-10-12-25-13-11-23/h3-9H,10-15H2,1-2H3,(H,22,24). The van der Waals surface area contributed by atoms with Gasteiger partial charge in [0.15, 0.2) is 0 Å². The number of hydrogen-bond donors (Lipinski definition) is 1. The summed E-state index contributed by atoms with van der Waals surface area (Å²) in [4.78, 5) is 16.1. The first-order valence-corrected chi connectivity index (χ1v) is 11.1. The third kappa shape index (κ3) is 5.29. The molecule has 0 spiro atoms. The average molecular weight is 387 g/mol. The number of aryl methyl sites for hydroxylation is 1. The van der Waals surface area contributed by atoms with Gasteiger partial charge in [0.2, 0.25) is 5.91 Å². The third-order valence-corrected chi connectivity index (χ3v) is 6.79. The number of anilines is 1. The molecule has 3 rings (SSSR count). The number of thioether (sulfide) groups is 2. The van der Waals surface area contributed by atoms with Crippen LogP contribution in [-0.2, 0) is 11.3 Å². The van der Waals surface area contributed by atoms with Crippen LogP contribution in [0.3, 0.4) is 0 Å². The molecule has 0 bridgehead atoms. The molecule has 0 aliphatic carbocycles. The van der Waals surface area contributed by atoms with Crippen LogP contribution < -0.4 is 5.32 Å². The van der Waals surface area contributed by atoms with E-state index < -0.39 is 0 Å². The Morgan fingerprint density at radius 1 is 1.12 bits per heavy atom. The summed E-state index contributed by atoms with van der Waals surface area (Å²) in [5.74, 6) is 2.91. The molecule has 3 nitrogen and oxygen atoms in total. The molecule has 1 saturated heterocycles. The van der Waals surface area contributed by atoms with E-state index in [9.17, 15) is 4.79 Å². The second-order valence-corrected chi connectivity index (χ2v) is 8.82. The average Bonchev–Trinajstić information content (AvgIpc) is 2.65. The Hall–Kier alpha value is -1.43. The van der Waals surface area contributed by atoms with Crippen molar-refractivity contribution in [3.05, 3.63) is 59.2 Å². The Labute approximate surface area is 164 Å². The highest BCUT2D eigenvalue weighted by Gasteiger charge is 2.14. The zero-order chi connectivity index (χ0) is 18.4. The summed E-state index contributed by atoms with van der Waals surface area (Å²) in [5.41, 5.74) is 4.63. The Bertz CT molecular complexity index is 757. The van der Waals surface area contributed by atoms with Crippen LogP contribution in [0.4, 0.5) is 5.69 Å². The topological polar surface area (TPSA) is 32.3 Å². The van der Waals surface area contributed by atoms with Crippen LogP contribution in [0.1, 0.15) is 16.7 Å². The van der Waals surface area contributed by atoms with Gasteiger partial charge >= 0.3 is 0 Å². The van der Waals surface area contributed by atoms with Crippen LogP contribution >= 0.6 is 23.5 Å². The number of hydrogen-bond acceptors (Lipinski definition) is 4. The molecule has 2 aromatic carbocycles. The minimum atomic E-state index is 0.0490. The summed E-state index contributed by atoms with van der Waals surface area (Å²) in [5, 5.41) is 3.10. The molecular weight excluding hydrogens is 360 g/mol. The maximum Gasteiger partial charge on any atom is 0.234 e. The summed E-state index contributed by atoms with van der Waals surface area (Å²) < 4.78 is 0. The van der Waals surface area contributed by atoms with Crippen molar-refractivity contribution in [3.63, 3.8) is 0 Å². The summed E-state index contributed by atoms with van der Waals surface area (Å²) in [6.07, 6.45) is 0. The predicted octanol–water partition coefficient (Wildman–Crippen LogP) is 4.58. The van der Waals surface area contributed by atoms with Gasteiger partial charge in [0.1, 0.15) is 0 Å². The van der Waals surface area contributed by atoms with E-state index in [-0.39, 0.29) is 5.91 Å². The molecule has 0 aromatic heterocycles. The number of rotatable bonds is 6. The first-order chi connectivity index (χ1) is 12.6. The smallest absolute Gasteiger partial charge is 0.234 e. The molecule has 1 heterocycles. The fourth-order valence-corrected chi connectivity index (χ4v) is 4.85. The maximum absolute atomic E-state index is 12.4. The van der Waals surface area contributed by atoms with E-state index in [0.717, 1.165) is 30.2 Å². The second-order valence-electron chi connectivity index (χ2n) is 6.58. The van der Waals surface area contributed by atoms with Crippen molar-refractivity contribution in [1.82, 2.24) is 4.90 Å². The number of amides is 1. The highest BCUT2D eigenvalue weighted by Crippen LogP contribution is 2.24. The molecule has 1 N–H and O–H groups in total. The van der Waals surface area contributed by atoms with Crippen molar-refractivity contribution in [2.24, 2.45) is 0 Å². The van der Waals surface area contributed by atoms with E-state index in [4.69, 9.17) is 0 Å². The normalized spacial score (nSPS) is 15.0. The monoisotopic (exact) mass is 386 g/mol. The molecule has 138 valence electrons. The first kappa shape index (κ1) is 19.3. The van der Waals surface area contributed by atoms with Crippen LogP contribution in [0.25, 0.3) is 0 Å². The van der Waals surface area contributed by atoms with Gasteiger partial charge in [-0.15, -0.1) is 11.8 Å². The number of nitrogens with one attached hydrogen (secondary N) is 1. The van der Waals surface area contributed by atoms with Crippen LogP contribution in [0.15, 0.2) is 47.4 Å². The van der Waals surface area contributed by atoms with Crippen molar-refractivity contribution in [2.45, 2.75) is 25.3 Å². The van der Waals surface area contributed by atoms with Crippen molar-refractivity contribution in [3.8, 4) is 0 Å². The number of nitrogens with zero attached hydrogens (tertiary/aromatic N) is 1. The van der Waals surface area contributed by atoms with E-state index in [1.807, 2.05) is 36.0 Å². The molecule has 1 aliphatic rings. The van der Waals surface area contributed by atoms with Gasteiger partial charge in [0.25, 0.3) is 0 Å². The lowest BCUT2D eigenvalue weighted by molar-refractivity contribution is -0.113. The van der Waals surface area contributed by atoms with E-state index in [2.05, 4.69) is 42.3 Å². The lowest BCUT2D eigenvalue weighted by Crippen LogP contribution is -2.32. The largest absolute Gasteiger partial charge is 0.325 e. The van der Waals surface area contributed by atoms with Gasteiger partial charge in [-0.3, -0.25) is 9.69 Å². The molecule has 1 aliphatic heterocycles. The maximum atomic E-state index is 12.4. The fraction of sp³-hybridized carbons (Fsp3) is 0.381. The van der Waals surface area contributed by atoms with Crippen LogP contribution in [0.5, 0.6) is 0 Å². The Morgan fingerprint density at radius 3 is 2.65 bits per heavy atom. The fourth-order valence-electron chi connectivity index (χ4n) is 3.04. The minimum absolute atomic E-state index is 0.0490. The highest BCUT2D eigenvalue weighted by atomic mass is 32.2. The predicted molar refractivity (Wildman–Crippen MR) is 114 cm³/mol. The molecule has 1 amide bonds. The zero-order valence-corrected chi connectivity index (χ0v) is 17.1. The molecular formula is C21H26N2OS2. The Kier molecular flexibility index (Phi) is 7.06. The van der Waals surface area contributed by atoms with Gasteiger partial charge in [-0.1, -0.05) is 30.3 Å². The molecule has 2 aromatic rings. The van der Waals surface area contributed by atoms with E-state index in [1.165, 1.54) is 28.2 Å². The molecule has 0 atom stereocenters. The summed E-state index contributed by atoms with van der Waals surface area (Å²) in [6, 6.07) is 14.4. The quantitative estimate of drug-likeness (QED) is 0.737. The Balaban J connectivity index is 1.59. The number of carbonyl (C=O) groups excluding carboxylic acids is 1. The van der Waals surface area contributed by atoms with Gasteiger partial charge in [-0.25, -0.2) is 0 Å². The summed E-state index contributed by atoms with van der Waals surface area (Å²) >= 11 is 3.62. The van der Waals surface area contributed by atoms with Gasteiger partial charge in [-0.2, -0.15) is 11.8 Å². The van der Waals surface area contributed by atoms with Crippen LogP contribution in [0, 0.1) is 13.8 Å². The van der Waals surface area contributed by atoms with E-state index in [0.29, 0.717) is 5.75 Å². The SMILES string of the molecule is Cc1ccccc1SCC(=O)Nc1cccc(CN2CCSCC2)c1C. The molecule has 26 heavy (non-hydrogen) atoms. The molecule has 0 saturated carbocycles. The molecule has 0 radical (unpaired) electrons. The van der Waals surface area contributed by atoms with Crippen molar-refractivity contribution in [2.75, 3.05) is 35.7 Å². The van der Waals surface area contributed by atoms with E-state index >= 15 is 0 Å². The van der Waals surface area contributed by atoms with Gasteiger partial charge in [0, 0.05) is 41.7 Å². The zero-order valence-electron chi connectivity index (χ0n) is 15.5. The highest BCUT2D eigenvalue weighted by molar-refractivity contribution is 8.00. The van der Waals surface area contributed by atoms with Gasteiger partial charge in [-0.05, 0) is 42.7 Å². The summed E-state index contributed by atoms with van der Waals surface area (Å²) in [6.45, 7) is 7.45. The Morgan fingerprint density at radius 2 is 1.88 bits per heavy atom. The molecule has 0 unspecified atom stereocenters. The van der Waals surface area contributed by atoms with Crippen LogP contribution in [0.2, 0.25) is 0 Å². The third-order valence-electron chi connectivity index (χ3n) is 4.67. The van der Waals surface area contributed by atoms with Crippen LogP contribution in [-0.4, -0.2) is 41.2 Å². The summed E-state index contributed by atoms with van der Waals surface area (Å²) in [7, 11) is 0. The van der Waals surface area contributed by atoms with E-state index in [1.54, 1.807) is 11.8 Å². The van der Waals surface area contributed by atoms with Crippen molar-refractivity contribution in [1.29, 1.82) is 0 Å². The van der Waals surface area contributed by atoms with Gasteiger partial charge in [0.05, 0.1) is 5.75 Å². The van der Waals surface area contributed by atoms with Gasteiger partial charge < -0.3 is 5.32 Å². The lowest BCUT2D eigenvalue weighted by atomic mass is 10.1. The molecule has 5 heteroatoms. The molecule has 1 fully saturated rings. The lowest BCUT2D eigenvalue weighted by Gasteiger charge is -2.27. The van der Waals surface area contributed by atoms with Crippen molar-refractivity contribution >= 4 is 35.1 Å². The second kappa shape index (κ2) is 9.49. The van der Waals surface area contributed by atoms with Crippen molar-refractivity contribution < 1.29 is 4.79 Å². The number of carbonyl (C=O) groups is 1. The minimum Gasteiger partial charge on any atom is -0.325 e.